The number of halogens is 3. The lowest BCUT2D eigenvalue weighted by molar-refractivity contribution is -0.304. The lowest BCUT2D eigenvalue weighted by Crippen LogP contribution is -2.21. The first-order chi connectivity index (χ1) is 7.38. The number of ether oxygens (including phenoxy) is 1. The molecule has 0 saturated carbocycles. The Morgan fingerprint density at radius 2 is 2.06 bits per heavy atom. The van der Waals surface area contributed by atoms with Crippen molar-refractivity contribution in [3.63, 3.8) is 0 Å². The van der Waals surface area contributed by atoms with E-state index >= 15 is 0 Å². The Bertz CT molecular complexity index is 422. The molecule has 7 heteroatoms. The Labute approximate surface area is 87.8 Å². The maximum Gasteiger partial charge on any atom is 0.573 e. The monoisotopic (exact) mass is 233 g/mol. The minimum Gasteiger partial charge on any atom is -0.404 e. The van der Waals surface area contributed by atoms with E-state index in [0.29, 0.717) is 0 Å². The highest BCUT2D eigenvalue weighted by molar-refractivity contribution is 6.40. The minimum atomic E-state index is -4.84. The van der Waals surface area contributed by atoms with Gasteiger partial charge in [-0.25, -0.2) is 0 Å². The van der Waals surface area contributed by atoms with Gasteiger partial charge in [-0.2, -0.15) is 0 Å². The number of Topliss-reactive ketones (excluding diaryl/α,β-unsaturated/α-hetero) is 1. The number of allylic oxidation sites excluding steroid dienone is 3. The fourth-order valence-corrected chi connectivity index (χ4v) is 1.63. The summed E-state index contributed by atoms with van der Waals surface area (Å²) in [5.41, 5.74) is -0.102. The third kappa shape index (κ3) is 1.80. The van der Waals surface area contributed by atoms with E-state index in [4.69, 9.17) is 0 Å². The second-order valence-electron chi connectivity index (χ2n) is 3.33. The number of rotatable bonds is 1. The summed E-state index contributed by atoms with van der Waals surface area (Å²) < 4.78 is 39.7. The molecule has 4 nitrogen and oxygen atoms in total. The fourth-order valence-electron chi connectivity index (χ4n) is 1.63. The van der Waals surface area contributed by atoms with E-state index in [-0.39, 0.29) is 12.1 Å². The number of fused-ring (bicyclic) bond motifs is 1. The molecule has 1 heterocycles. The lowest BCUT2D eigenvalue weighted by atomic mass is 9.95. The van der Waals surface area contributed by atoms with Crippen LogP contribution in [0.2, 0.25) is 0 Å². The van der Waals surface area contributed by atoms with Gasteiger partial charge in [0.2, 0.25) is 5.78 Å². The molecule has 1 saturated heterocycles. The van der Waals surface area contributed by atoms with E-state index in [1.54, 1.807) is 0 Å². The molecule has 0 radical (unpaired) electrons. The molecule has 0 aromatic heterocycles. The molecule has 0 spiro atoms. The van der Waals surface area contributed by atoms with E-state index < -0.39 is 29.7 Å². The van der Waals surface area contributed by atoms with Crippen LogP contribution in [0.15, 0.2) is 23.6 Å². The maximum atomic E-state index is 12.0. The topological polar surface area (TPSA) is 55.4 Å². The summed E-state index contributed by atoms with van der Waals surface area (Å²) in [5.74, 6) is -3.02. The van der Waals surface area contributed by atoms with Crippen molar-refractivity contribution in [1.29, 1.82) is 0 Å². The molecule has 0 aromatic rings. The Morgan fingerprint density at radius 3 is 2.69 bits per heavy atom. The first-order valence-corrected chi connectivity index (χ1v) is 4.40. The average Bonchev–Trinajstić information content (AvgIpc) is 2.43. The number of ketones is 1. The second-order valence-corrected chi connectivity index (χ2v) is 3.33. The molecule has 16 heavy (non-hydrogen) atoms. The van der Waals surface area contributed by atoms with Crippen LogP contribution in [0.1, 0.15) is 6.42 Å². The van der Waals surface area contributed by atoms with Gasteiger partial charge in [0.25, 0.3) is 5.91 Å². The van der Waals surface area contributed by atoms with Gasteiger partial charge in [0.1, 0.15) is 5.76 Å². The smallest absolute Gasteiger partial charge is 0.404 e. The summed E-state index contributed by atoms with van der Waals surface area (Å²) in [5, 5.41) is 2.09. The number of amides is 1. The van der Waals surface area contributed by atoms with E-state index in [0.717, 1.165) is 6.08 Å². The molecular weight excluding hydrogens is 227 g/mol. The zero-order chi connectivity index (χ0) is 11.9. The molecule has 1 atom stereocenters. The number of alkyl halides is 3. The van der Waals surface area contributed by atoms with Gasteiger partial charge < -0.3 is 10.1 Å². The zero-order valence-corrected chi connectivity index (χ0v) is 7.80. The van der Waals surface area contributed by atoms with Crippen LogP contribution in [-0.4, -0.2) is 18.1 Å². The molecule has 0 bridgehead atoms. The van der Waals surface area contributed by atoms with Crippen molar-refractivity contribution in [1.82, 2.24) is 5.32 Å². The van der Waals surface area contributed by atoms with E-state index in [2.05, 4.69) is 10.1 Å². The van der Waals surface area contributed by atoms with Crippen molar-refractivity contribution in [2.24, 2.45) is 5.92 Å². The summed E-state index contributed by atoms with van der Waals surface area (Å²) >= 11 is 0. The summed E-state index contributed by atoms with van der Waals surface area (Å²) in [7, 11) is 0. The standard InChI is InChI=1S/C9H6F3NO3/c10-9(11,12)16-5-3-1-2-4-6(5)13-8(15)7(4)14/h1,3-4H,2H2,(H,13,15). The van der Waals surface area contributed by atoms with E-state index in [1.807, 2.05) is 0 Å². The first-order valence-electron chi connectivity index (χ1n) is 4.40. The Balaban J connectivity index is 2.33. The van der Waals surface area contributed by atoms with Crippen LogP contribution in [0.5, 0.6) is 0 Å². The molecule has 1 fully saturated rings. The van der Waals surface area contributed by atoms with E-state index in [9.17, 15) is 22.8 Å². The molecule has 1 N–H and O–H groups in total. The first kappa shape index (κ1) is 10.7. The van der Waals surface area contributed by atoms with Crippen molar-refractivity contribution < 1.29 is 27.5 Å². The van der Waals surface area contributed by atoms with Gasteiger partial charge in [-0.05, 0) is 12.5 Å². The van der Waals surface area contributed by atoms with Crippen LogP contribution in [0.3, 0.4) is 0 Å². The van der Waals surface area contributed by atoms with Crippen LogP contribution in [0, 0.1) is 5.92 Å². The molecule has 1 aliphatic carbocycles. The molecule has 86 valence electrons. The quantitative estimate of drug-likeness (QED) is 0.687. The lowest BCUT2D eigenvalue weighted by Gasteiger charge is -2.17. The number of hydrogen-bond donors (Lipinski definition) is 1. The van der Waals surface area contributed by atoms with Crippen LogP contribution in [-0.2, 0) is 14.3 Å². The van der Waals surface area contributed by atoms with E-state index in [1.165, 1.54) is 6.08 Å². The SMILES string of the molecule is O=C1NC2=C(OC(F)(F)F)C=CCC2C1=O. The molecule has 1 amide bonds. The van der Waals surface area contributed by atoms with Crippen LogP contribution in [0.25, 0.3) is 0 Å². The Kier molecular flexibility index (Phi) is 2.25. The minimum absolute atomic E-state index is 0.102. The number of carbonyl (C=O) groups excluding carboxylic acids is 2. The largest absolute Gasteiger partial charge is 0.573 e. The number of hydrogen-bond acceptors (Lipinski definition) is 3. The molecular formula is C9H6F3NO3. The molecule has 1 unspecified atom stereocenters. The van der Waals surface area contributed by atoms with Crippen LogP contribution < -0.4 is 5.32 Å². The van der Waals surface area contributed by atoms with Crippen molar-refractivity contribution in [2.45, 2.75) is 12.8 Å². The summed E-state index contributed by atoms with van der Waals surface area (Å²) in [6, 6.07) is 0. The number of carbonyl (C=O) groups is 2. The molecule has 2 aliphatic rings. The molecule has 2 rings (SSSR count). The highest BCUT2D eigenvalue weighted by Gasteiger charge is 2.42. The van der Waals surface area contributed by atoms with Crippen LogP contribution in [0.4, 0.5) is 13.2 Å². The summed E-state index contributed by atoms with van der Waals surface area (Å²) in [6.07, 6.45) is -2.17. The van der Waals surface area contributed by atoms with Crippen molar-refractivity contribution >= 4 is 11.7 Å². The Hall–Kier alpha value is -1.79. The van der Waals surface area contributed by atoms with Gasteiger partial charge in [-0.1, -0.05) is 6.08 Å². The highest BCUT2D eigenvalue weighted by Crippen LogP contribution is 2.32. The number of nitrogens with one attached hydrogen (secondary N) is 1. The van der Waals surface area contributed by atoms with Crippen molar-refractivity contribution in [3.05, 3.63) is 23.6 Å². The third-order valence-electron chi connectivity index (χ3n) is 2.27. The van der Waals surface area contributed by atoms with Crippen molar-refractivity contribution in [3.8, 4) is 0 Å². The zero-order valence-electron chi connectivity index (χ0n) is 7.80. The van der Waals surface area contributed by atoms with Gasteiger partial charge >= 0.3 is 6.36 Å². The maximum absolute atomic E-state index is 12.0. The normalized spacial score (nSPS) is 24.6. The molecule has 0 aromatic carbocycles. The second kappa shape index (κ2) is 3.36. The predicted octanol–water partition coefficient (Wildman–Crippen LogP) is 1.01. The van der Waals surface area contributed by atoms with Gasteiger partial charge in [-0.15, -0.1) is 13.2 Å². The van der Waals surface area contributed by atoms with Crippen LogP contribution >= 0.6 is 0 Å². The predicted molar refractivity (Wildman–Crippen MR) is 44.6 cm³/mol. The molecule has 1 aliphatic heterocycles. The third-order valence-corrected chi connectivity index (χ3v) is 2.27. The average molecular weight is 233 g/mol. The highest BCUT2D eigenvalue weighted by atomic mass is 19.4. The van der Waals surface area contributed by atoms with Gasteiger partial charge in [0.05, 0.1) is 11.6 Å². The Morgan fingerprint density at radius 1 is 1.38 bits per heavy atom. The van der Waals surface area contributed by atoms with Gasteiger partial charge in [0.15, 0.2) is 0 Å². The summed E-state index contributed by atoms with van der Waals surface area (Å²) in [4.78, 5) is 22.2. The van der Waals surface area contributed by atoms with Gasteiger partial charge in [-0.3, -0.25) is 9.59 Å². The van der Waals surface area contributed by atoms with Crippen molar-refractivity contribution in [2.75, 3.05) is 0 Å². The summed E-state index contributed by atoms with van der Waals surface area (Å²) in [6.45, 7) is 0. The van der Waals surface area contributed by atoms with Gasteiger partial charge in [0, 0.05) is 0 Å². The fraction of sp³-hybridized carbons (Fsp3) is 0.333.